The zero-order valence-corrected chi connectivity index (χ0v) is 32.8. The van der Waals surface area contributed by atoms with Crippen molar-refractivity contribution >= 4 is 23.6 Å². The molecule has 2 N–H and O–H groups in total. The van der Waals surface area contributed by atoms with Crippen molar-refractivity contribution in [3.63, 3.8) is 0 Å². The molecule has 1 aliphatic heterocycles. The smallest absolute Gasteiger partial charge is 0.245 e. The van der Waals surface area contributed by atoms with Crippen LogP contribution in [0.2, 0.25) is 0 Å². The monoisotopic (exact) mass is 703 g/mol. The molecular formula is C38H66N6O6. The molecule has 1 aliphatic rings. The molecule has 1 saturated heterocycles. The number of pyridine rings is 1. The molecule has 0 aromatic carbocycles. The van der Waals surface area contributed by atoms with Gasteiger partial charge in [-0.25, -0.2) is 0 Å². The summed E-state index contributed by atoms with van der Waals surface area (Å²) in [6.45, 7) is 14.8. The lowest BCUT2D eigenvalue weighted by Gasteiger charge is -2.41. The van der Waals surface area contributed by atoms with E-state index in [9.17, 15) is 19.2 Å². The predicted octanol–water partition coefficient (Wildman–Crippen LogP) is 3.39. The van der Waals surface area contributed by atoms with Crippen LogP contribution in [0.15, 0.2) is 24.4 Å². The van der Waals surface area contributed by atoms with Crippen molar-refractivity contribution in [2.75, 3.05) is 48.5 Å². The molecule has 0 aliphatic carbocycles. The molecular weight excluding hydrogens is 636 g/mol. The Morgan fingerprint density at radius 3 is 2.18 bits per heavy atom. The molecule has 1 fully saturated rings. The maximum absolute atomic E-state index is 14.2. The second kappa shape index (κ2) is 20.7. The number of rotatable bonds is 20. The molecule has 0 spiro atoms. The molecule has 2 rings (SSSR count). The number of likely N-dealkylation sites (N-methyl/N-ethyl adjacent to an activating group) is 2. The SMILES string of the molecule is CC[C@H](C)[C@@H]([C@@H](CC(=O)N1CCC[C@H]1[C@H](OC)[C@@H](C)C(=O)NCCc1ccccn1)OC)N(C)C(=O)[C@@H](NC(=O)[C@H](C(C)C)N(C)C)C(C)C. The number of ether oxygens (including phenoxy) is 2. The number of hydrogen-bond acceptors (Lipinski definition) is 8. The molecule has 1 aromatic heterocycles. The molecule has 12 nitrogen and oxygen atoms in total. The Hall–Kier alpha value is -3.09. The van der Waals surface area contributed by atoms with Gasteiger partial charge in [0, 0.05) is 52.7 Å². The Kier molecular flexibility index (Phi) is 17.8. The minimum Gasteiger partial charge on any atom is -0.379 e. The van der Waals surface area contributed by atoms with E-state index in [0.717, 1.165) is 25.0 Å². The van der Waals surface area contributed by atoms with E-state index in [4.69, 9.17) is 9.47 Å². The van der Waals surface area contributed by atoms with Gasteiger partial charge in [-0.05, 0) is 56.8 Å². The first-order chi connectivity index (χ1) is 23.6. The first-order valence-electron chi connectivity index (χ1n) is 18.4. The van der Waals surface area contributed by atoms with Crippen LogP contribution in [0.4, 0.5) is 0 Å². The van der Waals surface area contributed by atoms with Crippen LogP contribution < -0.4 is 10.6 Å². The molecule has 284 valence electrons. The Morgan fingerprint density at radius 2 is 1.66 bits per heavy atom. The third-order valence-corrected chi connectivity index (χ3v) is 10.4. The molecule has 0 bridgehead atoms. The van der Waals surface area contributed by atoms with Crippen LogP contribution in [-0.4, -0.2) is 128 Å². The number of nitrogens with zero attached hydrogens (tertiary/aromatic N) is 4. The zero-order chi connectivity index (χ0) is 37.7. The number of nitrogens with one attached hydrogen (secondary N) is 2. The second-order valence-electron chi connectivity index (χ2n) is 14.8. The van der Waals surface area contributed by atoms with Crippen LogP contribution in [0.3, 0.4) is 0 Å². The lowest BCUT2D eigenvalue weighted by molar-refractivity contribution is -0.148. The van der Waals surface area contributed by atoms with Crippen molar-refractivity contribution in [3.8, 4) is 0 Å². The quantitative estimate of drug-likeness (QED) is 0.211. The Bertz CT molecular complexity index is 1210. The van der Waals surface area contributed by atoms with Crippen molar-refractivity contribution in [1.82, 2.24) is 30.3 Å². The van der Waals surface area contributed by atoms with E-state index in [-0.39, 0.29) is 59.9 Å². The van der Waals surface area contributed by atoms with Gasteiger partial charge < -0.3 is 29.9 Å². The van der Waals surface area contributed by atoms with Crippen LogP contribution in [0.1, 0.15) is 79.8 Å². The number of aromatic nitrogens is 1. The van der Waals surface area contributed by atoms with Gasteiger partial charge in [-0.2, -0.15) is 0 Å². The van der Waals surface area contributed by atoms with Crippen molar-refractivity contribution < 1.29 is 28.7 Å². The summed E-state index contributed by atoms with van der Waals surface area (Å²) in [6, 6.07) is 3.90. The van der Waals surface area contributed by atoms with Crippen LogP contribution in [0.25, 0.3) is 0 Å². The minimum atomic E-state index is -0.740. The summed E-state index contributed by atoms with van der Waals surface area (Å²) in [7, 11) is 8.64. The minimum absolute atomic E-state index is 0.00584. The Morgan fingerprint density at radius 1 is 0.980 bits per heavy atom. The average Bonchev–Trinajstić information content (AvgIpc) is 3.56. The van der Waals surface area contributed by atoms with Gasteiger partial charge in [-0.3, -0.25) is 29.1 Å². The Labute approximate surface area is 301 Å². The van der Waals surface area contributed by atoms with Gasteiger partial charge in [0.2, 0.25) is 23.6 Å². The molecule has 0 saturated carbocycles. The molecule has 12 heteroatoms. The van der Waals surface area contributed by atoms with Gasteiger partial charge in [0.25, 0.3) is 0 Å². The highest BCUT2D eigenvalue weighted by Gasteiger charge is 2.43. The molecule has 1 aromatic rings. The van der Waals surface area contributed by atoms with Gasteiger partial charge >= 0.3 is 0 Å². The summed E-state index contributed by atoms with van der Waals surface area (Å²) in [5.74, 6) is -1.20. The highest BCUT2D eigenvalue weighted by atomic mass is 16.5. The first kappa shape index (κ1) is 43.1. The van der Waals surface area contributed by atoms with E-state index in [2.05, 4.69) is 29.5 Å². The van der Waals surface area contributed by atoms with Crippen molar-refractivity contribution in [2.45, 2.75) is 117 Å². The Balaban J connectivity index is 2.21. The third-order valence-electron chi connectivity index (χ3n) is 10.4. The summed E-state index contributed by atoms with van der Waals surface area (Å²) >= 11 is 0. The summed E-state index contributed by atoms with van der Waals surface area (Å²) in [6.07, 6.45) is 3.63. The molecule has 2 heterocycles. The summed E-state index contributed by atoms with van der Waals surface area (Å²) < 4.78 is 11.9. The fourth-order valence-electron chi connectivity index (χ4n) is 7.43. The maximum atomic E-state index is 14.2. The standard InChI is InChI=1S/C38H66N6O6/c1-13-26(6)34(43(10)38(48)32(24(2)3)41-37(47)33(25(4)5)42(8)9)30(49-11)23-31(45)44-22-16-18-29(44)35(50-12)27(7)36(46)40-21-19-28-17-14-15-20-39-28/h14-15,17,20,24-27,29-30,32-35H,13,16,18-19,21-23H2,1-12H3,(H,40,46)(H,41,47)/t26-,27+,29-,30+,32-,33-,34-,35+/m0/s1. The number of carbonyl (C=O) groups excluding carboxylic acids is 4. The average molecular weight is 703 g/mol. The first-order valence-corrected chi connectivity index (χ1v) is 18.4. The van der Waals surface area contributed by atoms with E-state index in [1.54, 1.807) is 32.4 Å². The highest BCUT2D eigenvalue weighted by Crippen LogP contribution is 2.29. The van der Waals surface area contributed by atoms with Crippen LogP contribution in [0.5, 0.6) is 0 Å². The van der Waals surface area contributed by atoms with Crippen molar-refractivity contribution in [2.24, 2.45) is 23.7 Å². The van der Waals surface area contributed by atoms with Gasteiger partial charge in [0.05, 0.1) is 42.7 Å². The fourth-order valence-corrected chi connectivity index (χ4v) is 7.43. The molecule has 50 heavy (non-hydrogen) atoms. The van der Waals surface area contributed by atoms with Crippen molar-refractivity contribution in [3.05, 3.63) is 30.1 Å². The lowest BCUT2D eigenvalue weighted by atomic mass is 9.89. The number of hydrogen-bond donors (Lipinski definition) is 2. The van der Waals surface area contributed by atoms with Gasteiger partial charge in [-0.1, -0.05) is 61.0 Å². The highest BCUT2D eigenvalue weighted by molar-refractivity contribution is 5.90. The van der Waals surface area contributed by atoms with E-state index in [1.165, 1.54) is 0 Å². The number of carbonyl (C=O) groups is 4. The molecule has 4 amide bonds. The number of likely N-dealkylation sites (tertiary alicyclic amines) is 1. The van der Waals surface area contributed by atoms with E-state index in [1.807, 2.05) is 76.7 Å². The van der Waals surface area contributed by atoms with Gasteiger partial charge in [0.1, 0.15) is 6.04 Å². The van der Waals surface area contributed by atoms with Gasteiger partial charge in [-0.15, -0.1) is 0 Å². The number of methoxy groups -OCH3 is 2. The van der Waals surface area contributed by atoms with Gasteiger partial charge in [0.15, 0.2) is 0 Å². The largest absolute Gasteiger partial charge is 0.379 e. The maximum Gasteiger partial charge on any atom is 0.245 e. The molecule has 0 radical (unpaired) electrons. The zero-order valence-electron chi connectivity index (χ0n) is 32.8. The lowest BCUT2D eigenvalue weighted by Crippen LogP contribution is -2.59. The van der Waals surface area contributed by atoms with Crippen LogP contribution in [-0.2, 0) is 35.1 Å². The molecule has 8 atom stereocenters. The normalized spacial score (nSPS) is 19.1. The van der Waals surface area contributed by atoms with Crippen LogP contribution >= 0.6 is 0 Å². The molecule has 0 unspecified atom stereocenters. The number of amides is 4. The van der Waals surface area contributed by atoms with E-state index < -0.39 is 30.2 Å². The third kappa shape index (κ3) is 11.5. The van der Waals surface area contributed by atoms with Crippen molar-refractivity contribution in [1.29, 1.82) is 0 Å². The summed E-state index contributed by atoms with van der Waals surface area (Å²) in [4.78, 5) is 64.5. The topological polar surface area (TPSA) is 133 Å². The van der Waals surface area contributed by atoms with E-state index in [0.29, 0.717) is 19.5 Å². The summed E-state index contributed by atoms with van der Waals surface area (Å²) in [5, 5.41) is 6.05. The second-order valence-corrected chi connectivity index (χ2v) is 14.8. The van der Waals surface area contributed by atoms with Crippen LogP contribution in [0, 0.1) is 23.7 Å². The predicted molar refractivity (Wildman–Crippen MR) is 196 cm³/mol. The fraction of sp³-hybridized carbons (Fsp3) is 0.763. The summed E-state index contributed by atoms with van der Waals surface area (Å²) in [5.41, 5.74) is 0.903. The van der Waals surface area contributed by atoms with E-state index >= 15 is 0 Å².